The molecule has 1 N–H and O–H groups in total. The Bertz CT molecular complexity index is 329. The van der Waals surface area contributed by atoms with Crippen LogP contribution in [0.2, 0.25) is 0 Å². The van der Waals surface area contributed by atoms with Gasteiger partial charge in [0.25, 0.3) is 0 Å². The van der Waals surface area contributed by atoms with Gasteiger partial charge >= 0.3 is 0 Å². The van der Waals surface area contributed by atoms with E-state index in [2.05, 4.69) is 21.8 Å². The molecule has 15 heavy (non-hydrogen) atoms. The van der Waals surface area contributed by atoms with Crippen LogP contribution in [0.1, 0.15) is 25.5 Å². The average molecular weight is 207 g/mol. The lowest BCUT2D eigenvalue weighted by Gasteiger charge is -2.31. The van der Waals surface area contributed by atoms with Crippen molar-refractivity contribution in [2.45, 2.75) is 26.4 Å². The van der Waals surface area contributed by atoms with Gasteiger partial charge in [-0.05, 0) is 18.8 Å². The predicted octanol–water partition coefficient (Wildman–Crippen LogP) is 1.21. The maximum absolute atomic E-state index is 8.99. The van der Waals surface area contributed by atoms with Gasteiger partial charge in [0.15, 0.2) is 0 Å². The fourth-order valence-electron chi connectivity index (χ4n) is 2.02. The Kier molecular flexibility index (Phi) is 3.16. The minimum absolute atomic E-state index is 0.0375. The zero-order valence-corrected chi connectivity index (χ0v) is 9.06. The lowest BCUT2D eigenvalue weighted by molar-refractivity contribution is 0.276. The summed E-state index contributed by atoms with van der Waals surface area (Å²) in [5, 5.41) is 8.99. The van der Waals surface area contributed by atoms with E-state index in [1.165, 1.54) is 12.8 Å². The van der Waals surface area contributed by atoms with Crippen molar-refractivity contribution in [1.29, 1.82) is 0 Å². The molecule has 1 aromatic rings. The molecule has 0 spiro atoms. The Morgan fingerprint density at radius 1 is 1.53 bits per heavy atom. The predicted molar refractivity (Wildman–Crippen MR) is 58.6 cm³/mol. The summed E-state index contributed by atoms with van der Waals surface area (Å²) in [6, 6.07) is 0. The van der Waals surface area contributed by atoms with E-state index in [9.17, 15) is 0 Å². The van der Waals surface area contributed by atoms with E-state index in [4.69, 9.17) is 5.11 Å². The SMILES string of the molecule is CC1CCCN(c2cncc(CO)n2)C1. The number of aromatic nitrogens is 2. The van der Waals surface area contributed by atoms with E-state index >= 15 is 0 Å². The van der Waals surface area contributed by atoms with E-state index in [1.54, 1.807) is 12.4 Å². The van der Waals surface area contributed by atoms with Gasteiger partial charge in [-0.25, -0.2) is 4.98 Å². The van der Waals surface area contributed by atoms with E-state index in [0.29, 0.717) is 5.69 Å². The van der Waals surface area contributed by atoms with Crippen LogP contribution in [0.15, 0.2) is 12.4 Å². The van der Waals surface area contributed by atoms with Gasteiger partial charge in [-0.3, -0.25) is 4.98 Å². The molecule has 0 aliphatic carbocycles. The van der Waals surface area contributed by atoms with Crippen LogP contribution in [0.4, 0.5) is 5.82 Å². The maximum atomic E-state index is 8.99. The van der Waals surface area contributed by atoms with Gasteiger partial charge in [0.2, 0.25) is 0 Å². The first-order valence-corrected chi connectivity index (χ1v) is 5.46. The molecule has 0 saturated carbocycles. The van der Waals surface area contributed by atoms with E-state index in [0.717, 1.165) is 24.8 Å². The Labute approximate surface area is 90.0 Å². The number of rotatable bonds is 2. The molecule has 1 aliphatic heterocycles. The molecule has 1 unspecified atom stereocenters. The molecule has 1 fully saturated rings. The normalized spacial score (nSPS) is 21.7. The summed E-state index contributed by atoms with van der Waals surface area (Å²) in [5.41, 5.74) is 0.644. The van der Waals surface area contributed by atoms with Gasteiger partial charge in [-0.15, -0.1) is 0 Å². The first-order valence-electron chi connectivity index (χ1n) is 5.46. The number of hydrogen-bond acceptors (Lipinski definition) is 4. The standard InChI is InChI=1S/C11H17N3O/c1-9-3-2-4-14(7-9)11-6-12-5-10(8-15)13-11/h5-6,9,15H,2-4,7-8H2,1H3. The van der Waals surface area contributed by atoms with Crippen LogP contribution < -0.4 is 4.90 Å². The van der Waals surface area contributed by atoms with Gasteiger partial charge in [0.1, 0.15) is 5.82 Å². The van der Waals surface area contributed by atoms with Crippen molar-refractivity contribution in [2.75, 3.05) is 18.0 Å². The van der Waals surface area contributed by atoms with Crippen LogP contribution in [0.5, 0.6) is 0 Å². The van der Waals surface area contributed by atoms with Gasteiger partial charge in [-0.1, -0.05) is 6.92 Å². The highest BCUT2D eigenvalue weighted by molar-refractivity contribution is 5.36. The fourth-order valence-corrected chi connectivity index (χ4v) is 2.02. The monoisotopic (exact) mass is 207 g/mol. The van der Waals surface area contributed by atoms with Gasteiger partial charge in [-0.2, -0.15) is 0 Å². The molecule has 1 atom stereocenters. The second kappa shape index (κ2) is 4.57. The summed E-state index contributed by atoms with van der Waals surface area (Å²) in [5.74, 6) is 1.62. The highest BCUT2D eigenvalue weighted by Gasteiger charge is 2.17. The Hall–Kier alpha value is -1.16. The van der Waals surface area contributed by atoms with E-state index in [-0.39, 0.29) is 6.61 Å². The average Bonchev–Trinajstić information content (AvgIpc) is 2.29. The molecule has 2 rings (SSSR count). The summed E-state index contributed by atoms with van der Waals surface area (Å²) in [6.45, 7) is 4.32. The Morgan fingerprint density at radius 3 is 3.13 bits per heavy atom. The molecule has 2 heterocycles. The van der Waals surface area contributed by atoms with Gasteiger partial charge in [0, 0.05) is 13.1 Å². The second-order valence-electron chi connectivity index (χ2n) is 4.22. The zero-order valence-electron chi connectivity index (χ0n) is 9.06. The largest absolute Gasteiger partial charge is 0.390 e. The Morgan fingerprint density at radius 2 is 2.40 bits per heavy atom. The topological polar surface area (TPSA) is 49.2 Å². The van der Waals surface area contributed by atoms with Crippen molar-refractivity contribution in [2.24, 2.45) is 5.92 Å². The molecule has 4 heteroatoms. The third-order valence-electron chi connectivity index (χ3n) is 2.81. The fraction of sp³-hybridized carbons (Fsp3) is 0.636. The summed E-state index contributed by atoms with van der Waals surface area (Å²) < 4.78 is 0. The van der Waals surface area contributed by atoms with Crippen molar-refractivity contribution in [3.8, 4) is 0 Å². The Balaban J connectivity index is 2.13. The van der Waals surface area contributed by atoms with Gasteiger partial charge in [0.05, 0.1) is 24.7 Å². The summed E-state index contributed by atoms with van der Waals surface area (Å²) in [6.07, 6.45) is 5.89. The molecule has 82 valence electrons. The number of anilines is 1. The number of nitrogens with zero attached hydrogens (tertiary/aromatic N) is 3. The highest BCUT2D eigenvalue weighted by atomic mass is 16.3. The maximum Gasteiger partial charge on any atom is 0.147 e. The van der Waals surface area contributed by atoms with Crippen molar-refractivity contribution >= 4 is 5.82 Å². The van der Waals surface area contributed by atoms with Crippen LogP contribution in [0.25, 0.3) is 0 Å². The minimum Gasteiger partial charge on any atom is -0.390 e. The number of hydrogen-bond donors (Lipinski definition) is 1. The molecular formula is C11H17N3O. The van der Waals surface area contributed by atoms with Crippen LogP contribution in [-0.2, 0) is 6.61 Å². The molecular weight excluding hydrogens is 190 g/mol. The smallest absolute Gasteiger partial charge is 0.147 e. The number of piperidine rings is 1. The molecule has 0 bridgehead atoms. The van der Waals surface area contributed by atoms with Crippen LogP contribution >= 0.6 is 0 Å². The third kappa shape index (κ3) is 2.45. The first kappa shape index (κ1) is 10.4. The van der Waals surface area contributed by atoms with Crippen LogP contribution in [0.3, 0.4) is 0 Å². The molecule has 0 amide bonds. The lowest BCUT2D eigenvalue weighted by atomic mass is 10.0. The van der Waals surface area contributed by atoms with Crippen molar-refractivity contribution < 1.29 is 5.11 Å². The molecule has 0 radical (unpaired) electrons. The lowest BCUT2D eigenvalue weighted by Crippen LogP contribution is -2.35. The van der Waals surface area contributed by atoms with Crippen molar-refractivity contribution in [3.05, 3.63) is 18.1 Å². The quantitative estimate of drug-likeness (QED) is 0.791. The summed E-state index contributed by atoms with van der Waals surface area (Å²) >= 11 is 0. The molecule has 1 aliphatic rings. The van der Waals surface area contributed by atoms with Crippen LogP contribution in [0, 0.1) is 5.92 Å². The summed E-state index contributed by atoms with van der Waals surface area (Å²) in [7, 11) is 0. The molecule has 0 aromatic carbocycles. The van der Waals surface area contributed by atoms with Crippen molar-refractivity contribution in [3.63, 3.8) is 0 Å². The summed E-state index contributed by atoms with van der Waals surface area (Å²) in [4.78, 5) is 10.7. The highest BCUT2D eigenvalue weighted by Crippen LogP contribution is 2.20. The van der Waals surface area contributed by atoms with E-state index in [1.807, 2.05) is 0 Å². The van der Waals surface area contributed by atoms with Crippen molar-refractivity contribution in [1.82, 2.24) is 9.97 Å². The molecule has 1 saturated heterocycles. The minimum atomic E-state index is -0.0375. The first-order chi connectivity index (χ1) is 7.29. The van der Waals surface area contributed by atoms with E-state index < -0.39 is 0 Å². The van der Waals surface area contributed by atoms with Gasteiger partial charge < -0.3 is 10.0 Å². The van der Waals surface area contributed by atoms with Crippen LogP contribution in [-0.4, -0.2) is 28.2 Å². The third-order valence-corrected chi connectivity index (χ3v) is 2.81. The number of aliphatic hydroxyl groups excluding tert-OH is 1. The second-order valence-corrected chi connectivity index (χ2v) is 4.22. The molecule has 1 aromatic heterocycles. The zero-order chi connectivity index (χ0) is 10.7. The molecule has 4 nitrogen and oxygen atoms in total. The number of aliphatic hydroxyl groups is 1.